The quantitative estimate of drug-likeness (QED) is 0.367. The van der Waals surface area contributed by atoms with Crippen molar-refractivity contribution in [3.05, 3.63) is 48.2 Å². The molecule has 1 aromatic rings. The Morgan fingerprint density at radius 2 is 1.90 bits per heavy atom. The first kappa shape index (κ1) is 21.0. The number of hydrogen-bond acceptors (Lipinski definition) is 2. The molecule has 2 nitrogen and oxygen atoms in total. The molecule has 0 aromatic heterocycles. The van der Waals surface area contributed by atoms with Crippen LogP contribution in [-0.4, -0.2) is 19.3 Å². The van der Waals surface area contributed by atoms with Gasteiger partial charge in [-0.25, -0.2) is 0 Å². The third-order valence-corrected chi connectivity index (χ3v) is 8.55. The molecule has 1 heterocycles. The summed E-state index contributed by atoms with van der Waals surface area (Å²) in [7, 11) is 1.71. The second kappa shape index (κ2) is 8.46. The second-order valence-corrected chi connectivity index (χ2v) is 10.5. The maximum absolute atomic E-state index is 5.62. The van der Waals surface area contributed by atoms with E-state index in [0.717, 1.165) is 48.1 Å². The molecule has 1 saturated heterocycles. The van der Waals surface area contributed by atoms with Crippen LogP contribution in [0.15, 0.2) is 42.7 Å². The number of fused-ring (bicyclic) bond motifs is 7. The van der Waals surface area contributed by atoms with Crippen LogP contribution in [0.2, 0.25) is 0 Å². The summed E-state index contributed by atoms with van der Waals surface area (Å²) < 4.78 is 10.9. The molecule has 1 aromatic carbocycles. The molecule has 0 N–H and O–H groups in total. The third-order valence-electron chi connectivity index (χ3n) is 8.55. The zero-order valence-corrected chi connectivity index (χ0v) is 18.9. The van der Waals surface area contributed by atoms with Gasteiger partial charge in [-0.2, -0.15) is 0 Å². The van der Waals surface area contributed by atoms with Crippen molar-refractivity contribution in [2.45, 2.75) is 83.8 Å². The molecule has 3 saturated carbocycles. The summed E-state index contributed by atoms with van der Waals surface area (Å²) >= 11 is 0. The van der Waals surface area contributed by atoms with Crippen molar-refractivity contribution in [2.24, 2.45) is 29.1 Å². The number of ether oxygens (including phenoxy) is 2. The lowest BCUT2D eigenvalue weighted by Gasteiger charge is -2.28. The Labute approximate surface area is 178 Å². The highest BCUT2D eigenvalue weighted by Gasteiger charge is 2.64. The molecule has 3 aliphatic carbocycles. The first-order valence-corrected chi connectivity index (χ1v) is 11.9. The highest BCUT2D eigenvalue weighted by molar-refractivity contribution is 5.19. The van der Waals surface area contributed by atoms with Gasteiger partial charge in [0.15, 0.2) is 0 Å². The lowest BCUT2D eigenvalue weighted by Crippen LogP contribution is -2.22. The molecule has 7 atom stereocenters. The average molecular weight is 397 g/mol. The molecule has 1 aliphatic heterocycles. The highest BCUT2D eigenvalue weighted by atomic mass is 16.6. The van der Waals surface area contributed by atoms with Gasteiger partial charge < -0.3 is 9.47 Å². The van der Waals surface area contributed by atoms with E-state index in [1.165, 1.54) is 31.2 Å². The van der Waals surface area contributed by atoms with Gasteiger partial charge in [0.05, 0.1) is 25.1 Å². The predicted octanol–water partition coefficient (Wildman–Crippen LogP) is 6.97. The molecular formula is C27H40O2. The molecule has 160 valence electrons. The van der Waals surface area contributed by atoms with Crippen molar-refractivity contribution in [1.29, 1.82) is 0 Å². The summed E-state index contributed by atoms with van der Waals surface area (Å²) in [4.78, 5) is 0. The smallest absolute Gasteiger partial charge is 0.0939 e. The van der Waals surface area contributed by atoms with Crippen molar-refractivity contribution in [2.75, 3.05) is 7.11 Å². The van der Waals surface area contributed by atoms with Crippen LogP contribution in [0.3, 0.4) is 0 Å². The van der Waals surface area contributed by atoms with Gasteiger partial charge >= 0.3 is 0 Å². The molecule has 0 spiro atoms. The molecular weight excluding hydrogens is 356 g/mol. The first-order valence-electron chi connectivity index (χ1n) is 11.9. The summed E-state index contributed by atoms with van der Waals surface area (Å²) in [5.74, 6) is 5.86. The van der Waals surface area contributed by atoms with Gasteiger partial charge in [0, 0.05) is 5.41 Å². The van der Waals surface area contributed by atoms with E-state index >= 15 is 0 Å². The SMILES string of the molecule is C1CC2CC1C1CC3OC3C21.C=C(OC)C(C)(C)CCC(CC)c1ccccc1. The first-order chi connectivity index (χ1) is 13.9. The van der Waals surface area contributed by atoms with Crippen LogP contribution in [0.4, 0.5) is 0 Å². The summed E-state index contributed by atoms with van der Waals surface area (Å²) in [6.07, 6.45) is 11.0. The van der Waals surface area contributed by atoms with E-state index in [1.807, 2.05) is 0 Å². The summed E-state index contributed by atoms with van der Waals surface area (Å²) in [6.45, 7) is 10.7. The summed E-state index contributed by atoms with van der Waals surface area (Å²) in [5, 5.41) is 0. The van der Waals surface area contributed by atoms with Crippen LogP contribution in [0.25, 0.3) is 0 Å². The summed E-state index contributed by atoms with van der Waals surface area (Å²) in [5.41, 5.74) is 1.50. The fourth-order valence-electron chi connectivity index (χ4n) is 6.55. The third kappa shape index (κ3) is 4.29. The minimum atomic E-state index is 0.0525. The topological polar surface area (TPSA) is 21.8 Å². The molecule has 7 unspecified atom stereocenters. The van der Waals surface area contributed by atoms with Crippen molar-refractivity contribution in [3.8, 4) is 0 Å². The normalized spacial score (nSPS) is 34.6. The molecule has 2 heteroatoms. The zero-order chi connectivity index (χ0) is 20.6. The fourth-order valence-corrected chi connectivity index (χ4v) is 6.55. The fraction of sp³-hybridized carbons (Fsp3) is 0.704. The number of rotatable bonds is 7. The minimum Gasteiger partial charge on any atom is -0.501 e. The number of methoxy groups -OCH3 is 1. The van der Waals surface area contributed by atoms with E-state index in [0.29, 0.717) is 5.92 Å². The van der Waals surface area contributed by atoms with E-state index in [1.54, 1.807) is 20.0 Å². The Bertz CT molecular complexity index is 694. The van der Waals surface area contributed by atoms with Crippen LogP contribution >= 0.6 is 0 Å². The monoisotopic (exact) mass is 396 g/mol. The van der Waals surface area contributed by atoms with Crippen LogP contribution in [0.5, 0.6) is 0 Å². The zero-order valence-electron chi connectivity index (χ0n) is 18.9. The van der Waals surface area contributed by atoms with E-state index in [2.05, 4.69) is 57.7 Å². The molecule has 4 fully saturated rings. The Balaban J connectivity index is 0.000000155. The van der Waals surface area contributed by atoms with Gasteiger partial charge in [-0.1, -0.05) is 57.7 Å². The minimum absolute atomic E-state index is 0.0525. The van der Waals surface area contributed by atoms with E-state index < -0.39 is 0 Å². The van der Waals surface area contributed by atoms with Crippen molar-refractivity contribution in [3.63, 3.8) is 0 Å². The Morgan fingerprint density at radius 3 is 2.55 bits per heavy atom. The van der Waals surface area contributed by atoms with Crippen LogP contribution in [0, 0.1) is 29.1 Å². The number of hydrogen-bond donors (Lipinski definition) is 0. The van der Waals surface area contributed by atoms with Gasteiger partial charge in [-0.3, -0.25) is 0 Å². The van der Waals surface area contributed by atoms with Crippen LogP contribution in [-0.2, 0) is 9.47 Å². The van der Waals surface area contributed by atoms with E-state index in [9.17, 15) is 0 Å². The standard InChI is InChI=1S/C17H26O.C10H14O/c1-6-15(16-10-8-7-9-11-16)12-13-17(3,4)14(2)18-5;1-2-6-3-5(1)7-4-8-10(11-8)9(6)7/h7-11,15H,2,6,12-13H2,1,3-5H3;5-10H,1-4H2. The molecule has 29 heavy (non-hydrogen) atoms. The Kier molecular flexibility index (Phi) is 6.11. The largest absolute Gasteiger partial charge is 0.501 e. The van der Waals surface area contributed by atoms with Crippen LogP contribution < -0.4 is 0 Å². The van der Waals surface area contributed by atoms with Crippen molar-refractivity contribution in [1.82, 2.24) is 0 Å². The highest BCUT2D eigenvalue weighted by Crippen LogP contribution is 2.64. The van der Waals surface area contributed by atoms with Crippen molar-refractivity contribution >= 4 is 0 Å². The van der Waals surface area contributed by atoms with Gasteiger partial charge in [0.25, 0.3) is 0 Å². The Morgan fingerprint density at radius 1 is 1.17 bits per heavy atom. The number of epoxide rings is 1. The van der Waals surface area contributed by atoms with E-state index in [-0.39, 0.29) is 5.41 Å². The lowest BCUT2D eigenvalue weighted by molar-refractivity contribution is 0.147. The maximum Gasteiger partial charge on any atom is 0.0939 e. The second-order valence-electron chi connectivity index (χ2n) is 10.5. The van der Waals surface area contributed by atoms with Crippen molar-refractivity contribution < 1.29 is 9.47 Å². The van der Waals surface area contributed by atoms with Gasteiger partial charge in [0.1, 0.15) is 0 Å². The van der Waals surface area contributed by atoms with Crippen LogP contribution in [0.1, 0.15) is 77.2 Å². The maximum atomic E-state index is 5.62. The van der Waals surface area contributed by atoms with E-state index in [4.69, 9.17) is 9.47 Å². The van der Waals surface area contributed by atoms with Gasteiger partial charge in [-0.05, 0) is 80.1 Å². The summed E-state index contributed by atoms with van der Waals surface area (Å²) in [6, 6.07) is 10.8. The molecule has 4 aliphatic rings. The molecule has 2 bridgehead atoms. The lowest BCUT2D eigenvalue weighted by atomic mass is 9.81. The number of benzene rings is 1. The average Bonchev–Trinajstić information content (AvgIpc) is 3.09. The molecule has 0 radical (unpaired) electrons. The molecule has 5 rings (SSSR count). The number of allylic oxidation sites excluding steroid dienone is 1. The predicted molar refractivity (Wildman–Crippen MR) is 120 cm³/mol. The molecule has 0 amide bonds. The van der Waals surface area contributed by atoms with Gasteiger partial charge in [0.2, 0.25) is 0 Å². The van der Waals surface area contributed by atoms with Gasteiger partial charge in [-0.15, -0.1) is 0 Å². The Hall–Kier alpha value is -1.28.